The summed E-state index contributed by atoms with van der Waals surface area (Å²) >= 11 is 13.7. The summed E-state index contributed by atoms with van der Waals surface area (Å²) in [5.41, 5.74) is 0.901. The van der Waals surface area contributed by atoms with Crippen LogP contribution in [0.15, 0.2) is 24.3 Å². The highest BCUT2D eigenvalue weighted by Gasteiger charge is 2.15. The number of allylic oxidation sites excluding steroid dienone is 1. The molecule has 0 aromatic heterocycles. The average molecular weight is 359 g/mol. The molecule has 0 N–H and O–H groups in total. The summed E-state index contributed by atoms with van der Waals surface area (Å²) in [6.07, 6.45) is 7.99. The van der Waals surface area contributed by atoms with E-state index in [1.165, 1.54) is 12.8 Å². The molecule has 1 aromatic carbocycles. The van der Waals surface area contributed by atoms with Crippen LogP contribution in [-0.2, 0) is 4.79 Å². The third-order valence-corrected chi connectivity index (χ3v) is 5.25. The van der Waals surface area contributed by atoms with Gasteiger partial charge >= 0.3 is 0 Å². The minimum atomic E-state index is 0.121. The smallest absolute Gasteiger partial charge is 0.159 e. The molecular weight excluding hydrogens is 335 g/mol. The summed E-state index contributed by atoms with van der Waals surface area (Å²) in [6, 6.07) is 5.39. The van der Waals surface area contributed by atoms with Crippen molar-refractivity contribution in [1.82, 2.24) is 0 Å². The van der Waals surface area contributed by atoms with Crippen molar-refractivity contribution in [3.8, 4) is 0 Å². The van der Waals surface area contributed by atoms with Gasteiger partial charge in [-0.15, -0.1) is 0 Å². The van der Waals surface area contributed by atoms with Crippen molar-refractivity contribution in [3.05, 3.63) is 39.9 Å². The van der Waals surface area contributed by atoms with Crippen LogP contribution in [0.25, 0.3) is 6.08 Å². The summed E-state index contributed by atoms with van der Waals surface area (Å²) in [5.74, 6) is 2.29. The number of ketones is 1. The maximum Gasteiger partial charge on any atom is 0.159 e. The molecule has 0 heterocycles. The molecule has 1 atom stereocenters. The zero-order chi connectivity index (χ0) is 16.4. The van der Waals surface area contributed by atoms with E-state index in [4.69, 9.17) is 23.2 Å². The third kappa shape index (κ3) is 7.21. The summed E-state index contributed by atoms with van der Waals surface area (Å²) in [7, 11) is 0. The SMILES string of the molecule is CCCCC[C@H](CSCC)C(=O)/C=C\c1ccc(Cl)c(Cl)c1. The molecule has 0 radical (unpaired) electrons. The Labute approximate surface area is 148 Å². The Morgan fingerprint density at radius 3 is 2.64 bits per heavy atom. The largest absolute Gasteiger partial charge is 0.295 e. The normalized spacial score (nSPS) is 12.7. The molecule has 1 nitrogen and oxygen atoms in total. The summed E-state index contributed by atoms with van der Waals surface area (Å²) in [5, 5.41) is 1.04. The second-order valence-electron chi connectivity index (χ2n) is 5.26. The van der Waals surface area contributed by atoms with Crippen LogP contribution in [0, 0.1) is 5.92 Å². The van der Waals surface area contributed by atoms with E-state index in [1.54, 1.807) is 18.2 Å². The average Bonchev–Trinajstić information content (AvgIpc) is 2.51. The molecule has 0 aliphatic rings. The topological polar surface area (TPSA) is 17.1 Å². The van der Waals surface area contributed by atoms with Gasteiger partial charge in [-0.3, -0.25) is 4.79 Å². The number of hydrogen-bond donors (Lipinski definition) is 0. The van der Waals surface area contributed by atoms with Crippen LogP contribution in [0.1, 0.15) is 45.1 Å². The number of unbranched alkanes of at least 4 members (excludes halogenated alkanes) is 2. The van der Waals surface area contributed by atoms with Gasteiger partial charge in [-0.2, -0.15) is 11.8 Å². The summed E-state index contributed by atoms with van der Waals surface area (Å²) < 4.78 is 0. The number of thioether (sulfide) groups is 1. The minimum Gasteiger partial charge on any atom is -0.295 e. The molecule has 0 saturated heterocycles. The molecule has 0 amide bonds. The molecule has 0 aliphatic heterocycles. The van der Waals surface area contributed by atoms with Gasteiger partial charge in [0.1, 0.15) is 0 Å². The lowest BCUT2D eigenvalue weighted by Gasteiger charge is -2.12. The highest BCUT2D eigenvalue weighted by atomic mass is 35.5. The maximum atomic E-state index is 12.4. The first-order chi connectivity index (χ1) is 10.6. The van der Waals surface area contributed by atoms with Gasteiger partial charge < -0.3 is 0 Å². The van der Waals surface area contributed by atoms with E-state index >= 15 is 0 Å². The Morgan fingerprint density at radius 2 is 2.00 bits per heavy atom. The first-order valence-electron chi connectivity index (χ1n) is 7.83. The molecule has 22 heavy (non-hydrogen) atoms. The Kier molecular flexibility index (Phi) is 9.94. The number of hydrogen-bond acceptors (Lipinski definition) is 2. The van der Waals surface area contributed by atoms with E-state index < -0.39 is 0 Å². The first kappa shape index (κ1) is 19.6. The lowest BCUT2D eigenvalue weighted by molar-refractivity contribution is -0.117. The van der Waals surface area contributed by atoms with Gasteiger partial charge in [0.25, 0.3) is 0 Å². The quantitative estimate of drug-likeness (QED) is 0.349. The van der Waals surface area contributed by atoms with E-state index in [0.29, 0.717) is 10.0 Å². The van der Waals surface area contributed by atoms with Crippen LogP contribution in [0.5, 0.6) is 0 Å². The van der Waals surface area contributed by atoms with Gasteiger partial charge in [-0.1, -0.05) is 68.5 Å². The fourth-order valence-electron chi connectivity index (χ4n) is 2.14. The Morgan fingerprint density at radius 1 is 1.23 bits per heavy atom. The van der Waals surface area contributed by atoms with E-state index in [2.05, 4.69) is 13.8 Å². The number of halogens is 2. The van der Waals surface area contributed by atoms with E-state index in [9.17, 15) is 4.79 Å². The molecule has 0 fully saturated rings. The second-order valence-corrected chi connectivity index (χ2v) is 7.39. The molecule has 1 aromatic rings. The molecule has 0 unspecified atom stereocenters. The highest BCUT2D eigenvalue weighted by molar-refractivity contribution is 7.99. The minimum absolute atomic E-state index is 0.121. The second kappa shape index (κ2) is 11.2. The van der Waals surface area contributed by atoms with E-state index in [-0.39, 0.29) is 11.7 Å². The standard InChI is InChI=1S/C18H24Cl2OS/c1-3-5-6-7-15(13-22-4-2)18(21)11-9-14-8-10-16(19)17(20)12-14/h8-12,15H,3-7,13H2,1-2H3/b11-9-/t15-/m1/s1. The predicted octanol–water partition coefficient (Wildman–Crippen LogP) is 6.53. The summed E-state index contributed by atoms with van der Waals surface area (Å²) in [4.78, 5) is 12.4. The van der Waals surface area contributed by atoms with Crippen molar-refractivity contribution >= 4 is 46.8 Å². The van der Waals surface area contributed by atoms with Crippen molar-refractivity contribution < 1.29 is 4.79 Å². The summed E-state index contributed by atoms with van der Waals surface area (Å²) in [6.45, 7) is 4.31. The number of rotatable bonds is 10. The van der Waals surface area contributed by atoms with Gasteiger partial charge in [0, 0.05) is 11.7 Å². The van der Waals surface area contributed by atoms with Crippen LogP contribution < -0.4 is 0 Å². The molecule has 0 spiro atoms. The monoisotopic (exact) mass is 358 g/mol. The fraction of sp³-hybridized carbons (Fsp3) is 0.500. The highest BCUT2D eigenvalue weighted by Crippen LogP contribution is 2.23. The molecule has 122 valence electrons. The Bertz CT molecular complexity index is 500. The fourth-order valence-corrected chi connectivity index (χ4v) is 3.30. The van der Waals surface area contributed by atoms with Crippen LogP contribution in [0.4, 0.5) is 0 Å². The zero-order valence-electron chi connectivity index (χ0n) is 13.3. The molecular formula is C18H24Cl2OS. The van der Waals surface area contributed by atoms with Crippen LogP contribution in [-0.4, -0.2) is 17.3 Å². The van der Waals surface area contributed by atoms with Gasteiger partial charge in [0.2, 0.25) is 0 Å². The number of carbonyl (C=O) groups excluding carboxylic acids is 1. The van der Waals surface area contributed by atoms with E-state index in [1.807, 2.05) is 23.9 Å². The van der Waals surface area contributed by atoms with Crippen molar-refractivity contribution in [2.75, 3.05) is 11.5 Å². The molecule has 0 aliphatic carbocycles. The molecule has 0 bridgehead atoms. The van der Waals surface area contributed by atoms with Crippen molar-refractivity contribution in [2.45, 2.75) is 39.5 Å². The van der Waals surface area contributed by atoms with Gasteiger partial charge in [0.05, 0.1) is 10.0 Å². The third-order valence-electron chi connectivity index (χ3n) is 3.47. The van der Waals surface area contributed by atoms with Gasteiger partial charge in [0.15, 0.2) is 5.78 Å². The number of benzene rings is 1. The van der Waals surface area contributed by atoms with Gasteiger partial charge in [-0.05, 0) is 35.9 Å². The van der Waals surface area contributed by atoms with Crippen molar-refractivity contribution in [2.24, 2.45) is 5.92 Å². The van der Waals surface area contributed by atoms with Crippen molar-refractivity contribution in [3.63, 3.8) is 0 Å². The zero-order valence-corrected chi connectivity index (χ0v) is 15.6. The van der Waals surface area contributed by atoms with Crippen LogP contribution in [0.2, 0.25) is 10.0 Å². The lowest BCUT2D eigenvalue weighted by Crippen LogP contribution is -2.15. The first-order valence-corrected chi connectivity index (χ1v) is 9.74. The molecule has 0 saturated carbocycles. The van der Waals surface area contributed by atoms with Crippen LogP contribution in [0.3, 0.4) is 0 Å². The van der Waals surface area contributed by atoms with Gasteiger partial charge in [-0.25, -0.2) is 0 Å². The van der Waals surface area contributed by atoms with E-state index in [0.717, 1.165) is 29.9 Å². The Hall–Kier alpha value is -0.440. The predicted molar refractivity (Wildman–Crippen MR) is 101 cm³/mol. The molecule has 1 rings (SSSR count). The number of carbonyl (C=O) groups is 1. The lowest BCUT2D eigenvalue weighted by atomic mass is 9.98. The Balaban J connectivity index is 2.66. The molecule has 4 heteroatoms. The van der Waals surface area contributed by atoms with Crippen LogP contribution >= 0.6 is 35.0 Å². The maximum absolute atomic E-state index is 12.4. The van der Waals surface area contributed by atoms with Crippen molar-refractivity contribution in [1.29, 1.82) is 0 Å².